The van der Waals surface area contributed by atoms with Crippen molar-refractivity contribution >= 4 is 21.1 Å². The van der Waals surface area contributed by atoms with E-state index in [1.807, 2.05) is 0 Å². The summed E-state index contributed by atoms with van der Waals surface area (Å²) >= 11 is 0. The number of pyridine rings is 2. The molecule has 0 aliphatic rings. The van der Waals surface area contributed by atoms with Gasteiger partial charge in [-0.25, -0.2) is 18.4 Å². The Kier molecular flexibility index (Phi) is 5.16. The number of nitriles is 1. The lowest BCUT2D eigenvalue weighted by atomic mass is 10.2. The highest BCUT2D eigenvalue weighted by Gasteiger charge is 2.35. The van der Waals surface area contributed by atoms with Gasteiger partial charge < -0.3 is 4.40 Å². The molecular weight excluding hydrogens is 488 g/mol. The van der Waals surface area contributed by atoms with Crippen molar-refractivity contribution in [1.29, 1.82) is 5.26 Å². The van der Waals surface area contributed by atoms with Gasteiger partial charge in [-0.1, -0.05) is 6.92 Å². The Labute approximate surface area is 187 Å². The SMILES string of the molecule is CCS(=O)(=O)c1c(-c2nc3c(C#N)cc(C(F)(F)F)cn3c2C)nc2cc(C(F)(F)F)ccn12. The van der Waals surface area contributed by atoms with E-state index in [-0.39, 0.29) is 28.4 Å². The molecular formula is C20H13F6N5O2S. The molecule has 0 spiro atoms. The molecule has 0 N–H and O–H groups in total. The first-order valence-corrected chi connectivity index (χ1v) is 11.2. The predicted octanol–water partition coefficient (Wildman–Crippen LogP) is 4.66. The third-order valence-corrected chi connectivity index (χ3v) is 6.95. The van der Waals surface area contributed by atoms with Crippen molar-refractivity contribution in [3.8, 4) is 17.5 Å². The molecule has 0 saturated carbocycles. The summed E-state index contributed by atoms with van der Waals surface area (Å²) in [5, 5.41) is 8.89. The average Bonchev–Trinajstić information content (AvgIpc) is 3.29. The molecule has 0 unspecified atom stereocenters. The molecule has 0 atom stereocenters. The van der Waals surface area contributed by atoms with Crippen molar-refractivity contribution < 1.29 is 34.8 Å². The highest BCUT2D eigenvalue weighted by atomic mass is 32.2. The molecule has 0 saturated heterocycles. The summed E-state index contributed by atoms with van der Waals surface area (Å²) in [5.41, 5.74) is -3.64. The van der Waals surface area contributed by atoms with Gasteiger partial charge in [-0.05, 0) is 25.1 Å². The number of nitrogens with zero attached hydrogens (tertiary/aromatic N) is 5. The molecule has 0 fully saturated rings. The van der Waals surface area contributed by atoms with Crippen LogP contribution in [0.5, 0.6) is 0 Å². The number of hydrogen-bond donors (Lipinski definition) is 0. The molecule has 4 aromatic heterocycles. The van der Waals surface area contributed by atoms with E-state index in [1.165, 1.54) is 13.8 Å². The molecule has 178 valence electrons. The van der Waals surface area contributed by atoms with Gasteiger partial charge in [0.1, 0.15) is 23.1 Å². The zero-order valence-electron chi connectivity index (χ0n) is 17.3. The zero-order valence-corrected chi connectivity index (χ0v) is 18.1. The Morgan fingerprint density at radius 2 is 1.65 bits per heavy atom. The van der Waals surface area contributed by atoms with Crippen molar-refractivity contribution in [3.05, 3.63) is 53.0 Å². The Balaban J connectivity index is 2.10. The summed E-state index contributed by atoms with van der Waals surface area (Å²) in [7, 11) is -4.08. The third kappa shape index (κ3) is 3.65. The molecule has 0 amide bonds. The summed E-state index contributed by atoms with van der Waals surface area (Å²) in [4.78, 5) is 8.22. The van der Waals surface area contributed by atoms with Crippen molar-refractivity contribution in [2.75, 3.05) is 5.75 Å². The standard InChI is InChI=1S/C20H13F6N5O2S/c1-3-34(32,33)18-16(28-14-7-12(19(21,22)23)4-5-30(14)18)15-10(2)31-9-13(20(24,25)26)6-11(8-27)17(31)29-15/h4-7,9H,3H2,1-2H3. The van der Waals surface area contributed by atoms with Crippen LogP contribution in [0.25, 0.3) is 22.7 Å². The normalized spacial score (nSPS) is 13.0. The van der Waals surface area contributed by atoms with Gasteiger partial charge >= 0.3 is 12.4 Å². The number of rotatable bonds is 3. The summed E-state index contributed by atoms with van der Waals surface area (Å²) < 4.78 is 107. The van der Waals surface area contributed by atoms with E-state index in [1.54, 1.807) is 6.07 Å². The first kappa shape index (κ1) is 23.6. The fraction of sp³-hybridized carbons (Fsp3) is 0.250. The number of sulfone groups is 1. The molecule has 4 aromatic rings. The van der Waals surface area contributed by atoms with Crippen molar-refractivity contribution in [1.82, 2.24) is 18.8 Å². The topological polar surface area (TPSA) is 92.5 Å². The molecule has 34 heavy (non-hydrogen) atoms. The van der Waals surface area contributed by atoms with Crippen LogP contribution in [0.3, 0.4) is 0 Å². The Morgan fingerprint density at radius 1 is 1.00 bits per heavy atom. The molecule has 0 aliphatic carbocycles. The van der Waals surface area contributed by atoms with Gasteiger partial charge in [0.05, 0.1) is 22.4 Å². The Hall–Kier alpha value is -3.60. The van der Waals surface area contributed by atoms with Gasteiger partial charge in [-0.2, -0.15) is 31.6 Å². The smallest absolute Gasteiger partial charge is 0.302 e. The molecule has 0 radical (unpaired) electrons. The minimum absolute atomic E-state index is 0.0182. The lowest BCUT2D eigenvalue weighted by molar-refractivity contribution is -0.138. The van der Waals surface area contributed by atoms with Crippen LogP contribution in [-0.4, -0.2) is 32.9 Å². The van der Waals surface area contributed by atoms with E-state index in [9.17, 15) is 40.0 Å². The van der Waals surface area contributed by atoms with Crippen LogP contribution in [0.2, 0.25) is 0 Å². The van der Waals surface area contributed by atoms with E-state index >= 15 is 0 Å². The molecule has 14 heteroatoms. The van der Waals surface area contributed by atoms with Gasteiger partial charge in [-0.3, -0.25) is 4.40 Å². The van der Waals surface area contributed by atoms with Crippen LogP contribution < -0.4 is 0 Å². The minimum Gasteiger partial charge on any atom is -0.302 e. The molecule has 4 heterocycles. The average molecular weight is 501 g/mol. The van der Waals surface area contributed by atoms with Gasteiger partial charge in [0.2, 0.25) is 0 Å². The monoisotopic (exact) mass is 501 g/mol. The first-order chi connectivity index (χ1) is 15.7. The van der Waals surface area contributed by atoms with Crippen LogP contribution >= 0.6 is 0 Å². The largest absolute Gasteiger partial charge is 0.417 e. The molecule has 4 rings (SSSR count). The lowest BCUT2D eigenvalue weighted by Gasteiger charge is -2.08. The molecule has 7 nitrogen and oxygen atoms in total. The summed E-state index contributed by atoms with van der Waals surface area (Å²) in [6, 6.07) is 3.58. The molecule has 0 bridgehead atoms. The minimum atomic E-state index is -4.77. The predicted molar refractivity (Wildman–Crippen MR) is 107 cm³/mol. The van der Waals surface area contributed by atoms with Crippen LogP contribution in [-0.2, 0) is 22.2 Å². The van der Waals surface area contributed by atoms with E-state index in [2.05, 4.69) is 9.97 Å². The fourth-order valence-electron chi connectivity index (χ4n) is 3.51. The van der Waals surface area contributed by atoms with Gasteiger partial charge in [0.15, 0.2) is 20.5 Å². The second-order valence-corrected chi connectivity index (χ2v) is 9.50. The highest BCUT2D eigenvalue weighted by Crippen LogP contribution is 2.36. The quantitative estimate of drug-likeness (QED) is 0.381. The van der Waals surface area contributed by atoms with Crippen LogP contribution in [0.4, 0.5) is 26.3 Å². The van der Waals surface area contributed by atoms with E-state index in [0.29, 0.717) is 24.4 Å². The second kappa shape index (κ2) is 7.45. The number of halogens is 6. The number of alkyl halides is 6. The summed E-state index contributed by atoms with van der Waals surface area (Å²) in [5.74, 6) is -0.428. The Morgan fingerprint density at radius 3 is 2.21 bits per heavy atom. The van der Waals surface area contributed by atoms with E-state index in [4.69, 9.17) is 0 Å². The number of hydrogen-bond acceptors (Lipinski definition) is 5. The van der Waals surface area contributed by atoms with Crippen LogP contribution in [0.1, 0.15) is 29.3 Å². The van der Waals surface area contributed by atoms with E-state index < -0.39 is 49.7 Å². The number of imidazole rings is 2. The van der Waals surface area contributed by atoms with Crippen molar-refractivity contribution in [2.45, 2.75) is 31.2 Å². The molecule has 0 aromatic carbocycles. The first-order valence-electron chi connectivity index (χ1n) is 9.51. The van der Waals surface area contributed by atoms with Crippen molar-refractivity contribution in [2.24, 2.45) is 0 Å². The van der Waals surface area contributed by atoms with Crippen LogP contribution in [0, 0.1) is 18.3 Å². The fourth-order valence-corrected chi connectivity index (χ4v) is 4.67. The maximum absolute atomic E-state index is 13.3. The maximum Gasteiger partial charge on any atom is 0.417 e. The number of aryl methyl sites for hydroxylation is 1. The van der Waals surface area contributed by atoms with Crippen LogP contribution in [0.15, 0.2) is 35.6 Å². The highest BCUT2D eigenvalue weighted by molar-refractivity contribution is 7.91. The third-order valence-electron chi connectivity index (χ3n) is 5.22. The number of fused-ring (bicyclic) bond motifs is 2. The van der Waals surface area contributed by atoms with Gasteiger partial charge in [-0.15, -0.1) is 0 Å². The number of aromatic nitrogens is 4. The maximum atomic E-state index is 13.3. The van der Waals surface area contributed by atoms with Gasteiger partial charge in [0.25, 0.3) is 0 Å². The Bertz CT molecular complexity index is 1610. The molecule has 0 aliphatic heterocycles. The second-order valence-electron chi connectivity index (χ2n) is 7.30. The zero-order chi connectivity index (χ0) is 25.2. The van der Waals surface area contributed by atoms with Gasteiger partial charge in [0, 0.05) is 18.1 Å². The van der Waals surface area contributed by atoms with E-state index in [0.717, 1.165) is 15.0 Å². The summed E-state index contributed by atoms with van der Waals surface area (Å²) in [6.07, 6.45) is -7.88. The summed E-state index contributed by atoms with van der Waals surface area (Å²) in [6.45, 7) is 2.66. The van der Waals surface area contributed by atoms with Crippen molar-refractivity contribution in [3.63, 3.8) is 0 Å². The lowest BCUT2D eigenvalue weighted by Crippen LogP contribution is -2.10.